The molecule has 0 radical (unpaired) electrons. The smallest absolute Gasteiger partial charge is 0.143 e. The predicted molar refractivity (Wildman–Crippen MR) is 215 cm³/mol. The minimum Gasteiger partial charge on any atom is -0.455 e. The van der Waals surface area contributed by atoms with Crippen molar-refractivity contribution in [2.24, 2.45) is 0 Å². The normalized spacial score (nSPS) is 12.0. The highest BCUT2D eigenvalue weighted by atomic mass is 32.1. The lowest BCUT2D eigenvalue weighted by Crippen LogP contribution is -1.91. The molecule has 0 saturated heterocycles. The van der Waals surface area contributed by atoms with Crippen LogP contribution in [0.15, 0.2) is 174 Å². The Bertz CT molecular complexity index is 3090. The Kier molecular flexibility index (Phi) is 5.89. The molecular weight excluding hydrogens is 625 g/mol. The topological polar surface area (TPSA) is 13.1 Å². The van der Waals surface area contributed by atoms with Crippen LogP contribution in [0.3, 0.4) is 0 Å². The molecule has 0 fully saturated rings. The fourth-order valence-electron chi connectivity index (χ4n) is 8.25. The van der Waals surface area contributed by atoms with Crippen LogP contribution in [0.5, 0.6) is 0 Å². The van der Waals surface area contributed by atoms with Gasteiger partial charge in [0.25, 0.3) is 0 Å². The molecule has 0 spiro atoms. The lowest BCUT2D eigenvalue weighted by Gasteiger charge is -2.18. The summed E-state index contributed by atoms with van der Waals surface area (Å²) < 4.78 is 9.11. The summed E-state index contributed by atoms with van der Waals surface area (Å²) in [5, 5.41) is 12.4. The second kappa shape index (κ2) is 10.6. The van der Waals surface area contributed by atoms with E-state index in [1.165, 1.54) is 91.3 Å². The molecule has 0 saturated carbocycles. The number of hydrogen-bond donors (Lipinski definition) is 0. The molecule has 0 N–H and O–H groups in total. The van der Waals surface area contributed by atoms with Gasteiger partial charge < -0.3 is 4.42 Å². The van der Waals surface area contributed by atoms with Crippen molar-refractivity contribution < 1.29 is 4.42 Å². The van der Waals surface area contributed by atoms with Gasteiger partial charge in [0, 0.05) is 36.3 Å². The zero-order valence-corrected chi connectivity index (χ0v) is 27.8. The van der Waals surface area contributed by atoms with Crippen LogP contribution in [-0.2, 0) is 0 Å². The Morgan fingerprint density at radius 1 is 0.340 bits per heavy atom. The quantitative estimate of drug-likeness (QED) is 0.173. The Labute approximate surface area is 292 Å². The van der Waals surface area contributed by atoms with Gasteiger partial charge in [0.05, 0.1) is 0 Å². The molecule has 9 aromatic carbocycles. The molecule has 2 heterocycles. The molecule has 0 aliphatic heterocycles. The van der Waals surface area contributed by atoms with E-state index in [-0.39, 0.29) is 0 Å². The third-order valence-corrected chi connectivity index (χ3v) is 11.6. The summed E-state index contributed by atoms with van der Waals surface area (Å²) in [5.41, 5.74) is 9.39. The molecule has 0 atom stereocenters. The Hall–Kier alpha value is -6.22. The Balaban J connectivity index is 1.10. The van der Waals surface area contributed by atoms with Crippen molar-refractivity contribution in [3.8, 4) is 33.4 Å². The second-order valence-corrected chi connectivity index (χ2v) is 14.3. The molecule has 0 amide bonds. The van der Waals surface area contributed by atoms with Gasteiger partial charge in [-0.15, -0.1) is 11.3 Å². The maximum Gasteiger partial charge on any atom is 0.143 e. The lowest BCUT2D eigenvalue weighted by molar-refractivity contribution is 0.673. The summed E-state index contributed by atoms with van der Waals surface area (Å²) in [6.07, 6.45) is 0. The zero-order chi connectivity index (χ0) is 32.8. The van der Waals surface area contributed by atoms with Crippen molar-refractivity contribution in [1.82, 2.24) is 0 Å². The molecule has 11 rings (SSSR count). The standard InChI is InChI=1S/C48H28OS/c1-2-12-30(13-3-1)44-35-17-6-8-19-37(35)45(38-20-9-7-18-36(38)44)33-15-10-14-31(27-33)32-22-23-39-43(28-32)50-42-26-25-41-46(47(39)42)40-24-21-29-11-4-5-16-34(29)48(40)49-41/h1-28H. The first-order valence-corrected chi connectivity index (χ1v) is 17.9. The van der Waals surface area contributed by atoms with E-state index < -0.39 is 0 Å². The summed E-state index contributed by atoms with van der Waals surface area (Å²) in [4.78, 5) is 0. The van der Waals surface area contributed by atoms with Crippen LogP contribution in [-0.4, -0.2) is 0 Å². The van der Waals surface area contributed by atoms with Crippen LogP contribution in [0.2, 0.25) is 0 Å². The highest BCUT2D eigenvalue weighted by Gasteiger charge is 2.19. The number of thiophene rings is 1. The fraction of sp³-hybridized carbons (Fsp3) is 0. The SMILES string of the molecule is c1ccc(-c2c3ccccc3c(-c3cccc(-c4ccc5c(c4)sc4ccc6oc7c8ccccc8ccc7c6c45)c3)c3ccccc23)cc1. The first-order chi connectivity index (χ1) is 24.8. The minimum atomic E-state index is 0.943. The van der Waals surface area contributed by atoms with Gasteiger partial charge >= 0.3 is 0 Å². The van der Waals surface area contributed by atoms with E-state index in [1.54, 1.807) is 0 Å². The molecule has 0 aliphatic carbocycles. The van der Waals surface area contributed by atoms with Crippen molar-refractivity contribution in [2.75, 3.05) is 0 Å². The second-order valence-electron chi connectivity index (χ2n) is 13.2. The predicted octanol–water partition coefficient (Wildman–Crippen LogP) is 14.4. The van der Waals surface area contributed by atoms with Crippen LogP contribution >= 0.6 is 11.3 Å². The number of benzene rings is 9. The lowest BCUT2D eigenvalue weighted by atomic mass is 9.85. The molecule has 0 unspecified atom stereocenters. The van der Waals surface area contributed by atoms with E-state index in [2.05, 4.69) is 170 Å². The minimum absolute atomic E-state index is 0.943. The summed E-state index contributed by atoms with van der Waals surface area (Å²) in [6.45, 7) is 0. The van der Waals surface area contributed by atoms with E-state index in [0.29, 0.717) is 0 Å². The average molecular weight is 653 g/mol. The summed E-state index contributed by atoms with van der Waals surface area (Å²) in [6, 6.07) is 61.9. The fourth-order valence-corrected chi connectivity index (χ4v) is 9.40. The zero-order valence-electron chi connectivity index (χ0n) is 27.0. The summed E-state index contributed by atoms with van der Waals surface area (Å²) >= 11 is 1.86. The Morgan fingerprint density at radius 2 is 0.940 bits per heavy atom. The van der Waals surface area contributed by atoms with Gasteiger partial charge in [0.2, 0.25) is 0 Å². The van der Waals surface area contributed by atoms with Crippen LogP contribution in [0, 0.1) is 0 Å². The monoisotopic (exact) mass is 652 g/mol. The molecular formula is C48H28OS. The van der Waals surface area contributed by atoms with Crippen molar-refractivity contribution >= 4 is 85.8 Å². The summed E-state index contributed by atoms with van der Waals surface area (Å²) in [5.74, 6) is 0. The van der Waals surface area contributed by atoms with E-state index in [1.807, 2.05) is 11.3 Å². The number of fused-ring (bicyclic) bond motifs is 11. The van der Waals surface area contributed by atoms with Gasteiger partial charge in [-0.1, -0.05) is 140 Å². The first-order valence-electron chi connectivity index (χ1n) is 17.1. The van der Waals surface area contributed by atoms with Gasteiger partial charge in [0.15, 0.2) is 0 Å². The van der Waals surface area contributed by atoms with Crippen molar-refractivity contribution in [1.29, 1.82) is 0 Å². The maximum atomic E-state index is 6.54. The van der Waals surface area contributed by atoms with E-state index >= 15 is 0 Å². The van der Waals surface area contributed by atoms with Crippen molar-refractivity contribution in [3.05, 3.63) is 170 Å². The number of furan rings is 1. The van der Waals surface area contributed by atoms with Crippen molar-refractivity contribution in [2.45, 2.75) is 0 Å². The van der Waals surface area contributed by atoms with E-state index in [4.69, 9.17) is 4.42 Å². The third kappa shape index (κ3) is 4.00. The third-order valence-electron chi connectivity index (χ3n) is 10.4. The molecule has 0 bridgehead atoms. The molecule has 2 aromatic heterocycles. The van der Waals surface area contributed by atoms with Gasteiger partial charge in [0.1, 0.15) is 11.2 Å². The van der Waals surface area contributed by atoms with Gasteiger partial charge in [-0.05, 0) is 90.6 Å². The first kappa shape index (κ1) is 27.7. The van der Waals surface area contributed by atoms with Gasteiger partial charge in [-0.2, -0.15) is 0 Å². The summed E-state index contributed by atoms with van der Waals surface area (Å²) in [7, 11) is 0. The van der Waals surface area contributed by atoms with Crippen LogP contribution < -0.4 is 0 Å². The van der Waals surface area contributed by atoms with E-state index in [9.17, 15) is 0 Å². The highest BCUT2D eigenvalue weighted by molar-refractivity contribution is 7.26. The highest BCUT2D eigenvalue weighted by Crippen LogP contribution is 2.46. The van der Waals surface area contributed by atoms with Crippen LogP contribution in [0.1, 0.15) is 0 Å². The molecule has 2 heteroatoms. The van der Waals surface area contributed by atoms with Crippen molar-refractivity contribution in [3.63, 3.8) is 0 Å². The number of hydrogen-bond acceptors (Lipinski definition) is 2. The van der Waals surface area contributed by atoms with Crippen LogP contribution in [0.4, 0.5) is 0 Å². The van der Waals surface area contributed by atoms with Gasteiger partial charge in [-0.3, -0.25) is 0 Å². The largest absolute Gasteiger partial charge is 0.455 e. The average Bonchev–Trinajstić information content (AvgIpc) is 3.75. The van der Waals surface area contributed by atoms with Crippen LogP contribution in [0.25, 0.3) is 108 Å². The maximum absolute atomic E-state index is 6.54. The molecule has 0 aliphatic rings. The van der Waals surface area contributed by atoms with E-state index in [0.717, 1.165) is 16.6 Å². The van der Waals surface area contributed by atoms with Gasteiger partial charge in [-0.25, -0.2) is 0 Å². The molecule has 1 nitrogen and oxygen atoms in total. The Morgan fingerprint density at radius 3 is 1.70 bits per heavy atom. The number of rotatable bonds is 3. The molecule has 232 valence electrons. The molecule has 11 aromatic rings. The molecule has 50 heavy (non-hydrogen) atoms.